The van der Waals surface area contributed by atoms with Crippen molar-refractivity contribution < 1.29 is 14.3 Å². The van der Waals surface area contributed by atoms with Crippen LogP contribution in [-0.2, 0) is 9.47 Å². The normalized spacial score (nSPS) is 20.7. The third kappa shape index (κ3) is 5.75. The van der Waals surface area contributed by atoms with Crippen LogP contribution in [-0.4, -0.2) is 29.9 Å². The van der Waals surface area contributed by atoms with E-state index < -0.39 is 11.7 Å². The number of nitrogens with one attached hydrogen (secondary N) is 2. The van der Waals surface area contributed by atoms with E-state index in [9.17, 15) is 4.79 Å². The molecule has 1 amide bonds. The molecule has 0 aromatic heterocycles. The van der Waals surface area contributed by atoms with Crippen LogP contribution in [0.3, 0.4) is 0 Å². The maximum atomic E-state index is 12.0. The van der Waals surface area contributed by atoms with E-state index in [1.54, 1.807) is 0 Å². The molecule has 0 spiro atoms. The number of anilines is 2. The van der Waals surface area contributed by atoms with Crippen LogP contribution in [0, 0.1) is 0 Å². The van der Waals surface area contributed by atoms with Crippen molar-refractivity contribution in [3.05, 3.63) is 24.3 Å². The van der Waals surface area contributed by atoms with E-state index in [1.807, 2.05) is 45.0 Å². The molecule has 1 heterocycles. The first-order chi connectivity index (χ1) is 10.6. The summed E-state index contributed by atoms with van der Waals surface area (Å²) >= 11 is 0. The summed E-state index contributed by atoms with van der Waals surface area (Å²) < 4.78 is 11.1. The molecule has 1 aliphatic rings. The van der Waals surface area contributed by atoms with Crippen molar-refractivity contribution in [2.24, 2.45) is 0 Å². The molecule has 1 fully saturated rings. The number of rotatable bonds is 3. The van der Waals surface area contributed by atoms with Crippen molar-refractivity contribution in [2.45, 2.75) is 64.7 Å². The summed E-state index contributed by atoms with van der Waals surface area (Å²) in [7, 11) is 0. The minimum absolute atomic E-state index is 0.122. The van der Waals surface area contributed by atoms with Crippen molar-refractivity contribution in [3.8, 4) is 0 Å². The number of amides is 1. The van der Waals surface area contributed by atoms with Crippen LogP contribution in [0.2, 0.25) is 0 Å². The first-order valence-corrected chi connectivity index (χ1v) is 8.14. The minimum atomic E-state index is -0.517. The fourth-order valence-corrected chi connectivity index (χ4v) is 2.71. The number of carbonyl (C=O) groups is 1. The Labute approximate surface area is 138 Å². The van der Waals surface area contributed by atoms with E-state index in [4.69, 9.17) is 9.47 Å². The highest BCUT2D eigenvalue weighted by Gasteiger charge is 2.29. The molecule has 1 unspecified atom stereocenters. The molecule has 23 heavy (non-hydrogen) atoms. The quantitative estimate of drug-likeness (QED) is 0.866. The van der Waals surface area contributed by atoms with Gasteiger partial charge in [0.2, 0.25) is 0 Å². The Morgan fingerprint density at radius 2 is 1.91 bits per heavy atom. The average Bonchev–Trinajstić information content (AvgIpc) is 2.37. The third-order valence-electron chi connectivity index (χ3n) is 3.62. The largest absolute Gasteiger partial charge is 0.444 e. The molecule has 0 bridgehead atoms. The Morgan fingerprint density at radius 3 is 2.52 bits per heavy atom. The van der Waals surface area contributed by atoms with Crippen molar-refractivity contribution in [1.29, 1.82) is 0 Å². The number of hydrogen-bond donors (Lipinski definition) is 2. The van der Waals surface area contributed by atoms with Gasteiger partial charge in [0.1, 0.15) is 5.60 Å². The molecule has 1 atom stereocenters. The van der Waals surface area contributed by atoms with Crippen molar-refractivity contribution in [2.75, 3.05) is 17.2 Å². The molecule has 2 rings (SSSR count). The van der Waals surface area contributed by atoms with Gasteiger partial charge in [0.05, 0.1) is 17.0 Å². The van der Waals surface area contributed by atoms with Gasteiger partial charge in [0.25, 0.3) is 0 Å². The molecule has 1 aromatic rings. The lowest BCUT2D eigenvalue weighted by molar-refractivity contribution is -0.0553. The molecule has 5 nitrogen and oxygen atoms in total. The van der Waals surface area contributed by atoms with Crippen molar-refractivity contribution >= 4 is 17.5 Å². The van der Waals surface area contributed by atoms with E-state index in [2.05, 4.69) is 24.5 Å². The van der Waals surface area contributed by atoms with Crippen LogP contribution in [0.25, 0.3) is 0 Å². The Balaban J connectivity index is 2.04. The standard InChI is InChI=1S/C18H28N2O3/c1-17(2,3)23-16(21)20-15-9-7-6-8-14(15)19-13-10-11-22-18(4,5)12-13/h6-9,13,19H,10-12H2,1-5H3,(H,20,21). The van der Waals surface area contributed by atoms with Crippen LogP contribution < -0.4 is 10.6 Å². The number of ether oxygens (including phenoxy) is 2. The molecular weight excluding hydrogens is 292 g/mol. The lowest BCUT2D eigenvalue weighted by atomic mass is 9.93. The van der Waals surface area contributed by atoms with Gasteiger partial charge in [-0.15, -0.1) is 0 Å². The van der Waals surface area contributed by atoms with Gasteiger partial charge in [-0.05, 0) is 59.6 Å². The predicted molar refractivity (Wildman–Crippen MR) is 93.0 cm³/mol. The van der Waals surface area contributed by atoms with Crippen LogP contribution in [0.5, 0.6) is 0 Å². The predicted octanol–water partition coefficient (Wildman–Crippen LogP) is 4.40. The van der Waals surface area contributed by atoms with Gasteiger partial charge in [-0.2, -0.15) is 0 Å². The Hall–Kier alpha value is -1.75. The highest BCUT2D eigenvalue weighted by Crippen LogP contribution is 2.29. The van der Waals surface area contributed by atoms with Gasteiger partial charge in [0, 0.05) is 12.6 Å². The van der Waals surface area contributed by atoms with Crippen LogP contribution in [0.15, 0.2) is 24.3 Å². The Kier molecular flexibility index (Phi) is 5.19. The highest BCUT2D eigenvalue weighted by atomic mass is 16.6. The summed E-state index contributed by atoms with van der Waals surface area (Å²) in [6, 6.07) is 8.01. The maximum Gasteiger partial charge on any atom is 0.412 e. The molecule has 0 saturated carbocycles. The van der Waals surface area contributed by atoms with E-state index in [0.29, 0.717) is 6.04 Å². The molecule has 1 aromatic carbocycles. The van der Waals surface area contributed by atoms with E-state index >= 15 is 0 Å². The minimum Gasteiger partial charge on any atom is -0.444 e. The molecule has 1 saturated heterocycles. The van der Waals surface area contributed by atoms with Crippen molar-refractivity contribution in [1.82, 2.24) is 0 Å². The zero-order chi connectivity index (χ0) is 17.1. The number of carbonyl (C=O) groups excluding carboxylic acids is 1. The van der Waals surface area contributed by atoms with Gasteiger partial charge in [-0.3, -0.25) is 5.32 Å². The SMILES string of the molecule is CC(C)(C)OC(=O)Nc1ccccc1NC1CCOC(C)(C)C1. The second-order valence-corrected chi connectivity index (χ2v) is 7.61. The fourth-order valence-electron chi connectivity index (χ4n) is 2.71. The van der Waals surface area contributed by atoms with E-state index in [-0.39, 0.29) is 5.60 Å². The highest BCUT2D eigenvalue weighted by molar-refractivity contribution is 5.89. The summed E-state index contributed by atoms with van der Waals surface area (Å²) in [5, 5.41) is 6.35. The number of para-hydroxylation sites is 2. The van der Waals surface area contributed by atoms with Gasteiger partial charge >= 0.3 is 6.09 Å². The first-order valence-electron chi connectivity index (χ1n) is 8.14. The summed E-state index contributed by atoms with van der Waals surface area (Å²) in [6.07, 6.45) is 1.43. The molecule has 0 radical (unpaired) electrons. The summed E-state index contributed by atoms with van der Waals surface area (Å²) in [5.74, 6) is 0. The Bertz CT molecular complexity index is 549. The molecule has 0 aliphatic carbocycles. The fraction of sp³-hybridized carbons (Fsp3) is 0.611. The lowest BCUT2D eigenvalue weighted by Crippen LogP contribution is -2.40. The summed E-state index contributed by atoms with van der Waals surface area (Å²) in [6.45, 7) is 10.5. The molecule has 1 aliphatic heterocycles. The number of hydrogen-bond acceptors (Lipinski definition) is 4. The summed E-state index contributed by atoms with van der Waals surface area (Å²) in [4.78, 5) is 12.0. The van der Waals surface area contributed by atoms with Gasteiger partial charge in [0.15, 0.2) is 0 Å². The van der Waals surface area contributed by atoms with Crippen LogP contribution >= 0.6 is 0 Å². The molecule has 2 N–H and O–H groups in total. The molecule has 128 valence electrons. The number of benzene rings is 1. The lowest BCUT2D eigenvalue weighted by Gasteiger charge is -2.36. The molecule has 5 heteroatoms. The average molecular weight is 320 g/mol. The smallest absolute Gasteiger partial charge is 0.412 e. The summed E-state index contributed by atoms with van der Waals surface area (Å²) in [5.41, 5.74) is 0.993. The zero-order valence-corrected chi connectivity index (χ0v) is 14.7. The molecular formula is C18H28N2O3. The van der Waals surface area contributed by atoms with Crippen LogP contribution in [0.1, 0.15) is 47.5 Å². The van der Waals surface area contributed by atoms with Gasteiger partial charge in [-0.1, -0.05) is 12.1 Å². The third-order valence-corrected chi connectivity index (χ3v) is 3.62. The second-order valence-electron chi connectivity index (χ2n) is 7.61. The zero-order valence-electron chi connectivity index (χ0n) is 14.7. The van der Waals surface area contributed by atoms with E-state index in [1.165, 1.54) is 0 Å². The van der Waals surface area contributed by atoms with Gasteiger partial charge in [-0.25, -0.2) is 4.79 Å². The van der Waals surface area contributed by atoms with Crippen molar-refractivity contribution in [3.63, 3.8) is 0 Å². The maximum absolute atomic E-state index is 12.0. The van der Waals surface area contributed by atoms with E-state index in [0.717, 1.165) is 30.8 Å². The monoisotopic (exact) mass is 320 g/mol. The first kappa shape index (κ1) is 17.6. The topological polar surface area (TPSA) is 59.6 Å². The van der Waals surface area contributed by atoms with Gasteiger partial charge < -0.3 is 14.8 Å². The second kappa shape index (κ2) is 6.79. The van der Waals surface area contributed by atoms with Crippen LogP contribution in [0.4, 0.5) is 16.2 Å². The Morgan fingerprint density at radius 1 is 1.26 bits per heavy atom.